The Bertz CT molecular complexity index is 392. The Morgan fingerprint density at radius 1 is 1.50 bits per heavy atom. The van der Waals surface area contributed by atoms with Gasteiger partial charge >= 0.3 is 5.97 Å². The van der Waals surface area contributed by atoms with Gasteiger partial charge in [0, 0.05) is 12.4 Å². The van der Waals surface area contributed by atoms with Gasteiger partial charge in [-0.1, -0.05) is 25.8 Å². The third-order valence-electron chi connectivity index (χ3n) is 2.57. The van der Waals surface area contributed by atoms with E-state index in [9.17, 15) is 9.59 Å². The molecule has 1 aromatic heterocycles. The molecule has 1 amide bonds. The second-order valence-electron chi connectivity index (χ2n) is 4.14. The van der Waals surface area contributed by atoms with Crippen molar-refractivity contribution < 1.29 is 14.7 Å². The van der Waals surface area contributed by atoms with Gasteiger partial charge in [0.1, 0.15) is 6.04 Å². The van der Waals surface area contributed by atoms with Gasteiger partial charge in [0.15, 0.2) is 0 Å². The highest BCUT2D eigenvalue weighted by Gasteiger charge is 2.18. The molecule has 1 atom stereocenters. The van der Waals surface area contributed by atoms with Crippen LogP contribution in [0, 0.1) is 0 Å². The van der Waals surface area contributed by atoms with Crippen LogP contribution in [-0.4, -0.2) is 28.0 Å². The van der Waals surface area contributed by atoms with Crippen LogP contribution in [0.5, 0.6) is 0 Å². The average Bonchev–Trinajstić information content (AvgIpc) is 2.35. The zero-order valence-corrected chi connectivity index (χ0v) is 10.4. The molecule has 1 rings (SSSR count). The molecule has 98 valence electrons. The number of rotatable bonds is 7. The van der Waals surface area contributed by atoms with Gasteiger partial charge in [0.05, 0.1) is 6.42 Å². The third kappa shape index (κ3) is 4.95. The summed E-state index contributed by atoms with van der Waals surface area (Å²) in [6.45, 7) is 1.98. The van der Waals surface area contributed by atoms with Gasteiger partial charge in [-0.05, 0) is 18.1 Å². The van der Waals surface area contributed by atoms with E-state index in [1.54, 1.807) is 24.5 Å². The predicted molar refractivity (Wildman–Crippen MR) is 67.0 cm³/mol. The van der Waals surface area contributed by atoms with E-state index in [1.807, 2.05) is 6.92 Å². The molecule has 2 N–H and O–H groups in total. The molecule has 0 spiro atoms. The molecule has 0 bridgehead atoms. The van der Waals surface area contributed by atoms with E-state index in [4.69, 9.17) is 5.11 Å². The fourth-order valence-electron chi connectivity index (χ4n) is 1.60. The van der Waals surface area contributed by atoms with Crippen LogP contribution in [0.4, 0.5) is 0 Å². The van der Waals surface area contributed by atoms with Crippen LogP contribution in [-0.2, 0) is 16.0 Å². The van der Waals surface area contributed by atoms with E-state index in [0.717, 1.165) is 18.4 Å². The summed E-state index contributed by atoms with van der Waals surface area (Å²) in [7, 11) is 0. The number of amides is 1. The number of carboxylic acids is 1. The molecule has 1 heterocycles. The average molecular weight is 250 g/mol. The first-order valence-electron chi connectivity index (χ1n) is 6.04. The predicted octanol–water partition coefficient (Wildman–Crippen LogP) is 1.38. The first-order valence-corrected chi connectivity index (χ1v) is 6.04. The highest BCUT2D eigenvalue weighted by Crippen LogP contribution is 2.02. The maximum Gasteiger partial charge on any atom is 0.326 e. The SMILES string of the molecule is CCCCC(NC(=O)Cc1cccnc1)C(=O)O. The lowest BCUT2D eigenvalue weighted by Gasteiger charge is -2.13. The molecule has 0 saturated heterocycles. The minimum atomic E-state index is -0.983. The highest BCUT2D eigenvalue weighted by molar-refractivity contribution is 5.84. The largest absolute Gasteiger partial charge is 0.480 e. The Morgan fingerprint density at radius 2 is 2.28 bits per heavy atom. The van der Waals surface area contributed by atoms with Gasteiger partial charge in [-0.25, -0.2) is 4.79 Å². The Morgan fingerprint density at radius 3 is 2.83 bits per heavy atom. The van der Waals surface area contributed by atoms with E-state index < -0.39 is 12.0 Å². The minimum Gasteiger partial charge on any atom is -0.480 e. The Balaban J connectivity index is 2.48. The van der Waals surface area contributed by atoms with Gasteiger partial charge < -0.3 is 10.4 Å². The van der Waals surface area contributed by atoms with Crippen LogP contribution >= 0.6 is 0 Å². The standard InChI is InChI=1S/C13H18N2O3/c1-2-3-6-11(13(17)18)15-12(16)8-10-5-4-7-14-9-10/h4-5,7,9,11H,2-3,6,8H2,1H3,(H,15,16)(H,17,18). The van der Waals surface area contributed by atoms with Crippen LogP contribution in [0.3, 0.4) is 0 Å². The number of aromatic nitrogens is 1. The smallest absolute Gasteiger partial charge is 0.326 e. The van der Waals surface area contributed by atoms with Crippen molar-refractivity contribution in [3.8, 4) is 0 Å². The summed E-state index contributed by atoms with van der Waals surface area (Å²) < 4.78 is 0. The summed E-state index contributed by atoms with van der Waals surface area (Å²) in [6.07, 6.45) is 5.53. The molecule has 0 aliphatic carbocycles. The van der Waals surface area contributed by atoms with Gasteiger partial charge in [-0.15, -0.1) is 0 Å². The van der Waals surface area contributed by atoms with E-state index in [0.29, 0.717) is 6.42 Å². The van der Waals surface area contributed by atoms with Crippen molar-refractivity contribution in [3.63, 3.8) is 0 Å². The number of aliphatic carboxylic acids is 1. The van der Waals surface area contributed by atoms with E-state index >= 15 is 0 Å². The van der Waals surface area contributed by atoms with Gasteiger partial charge in [-0.2, -0.15) is 0 Å². The lowest BCUT2D eigenvalue weighted by atomic mass is 10.1. The number of hydrogen-bond acceptors (Lipinski definition) is 3. The topological polar surface area (TPSA) is 79.3 Å². The second-order valence-corrected chi connectivity index (χ2v) is 4.14. The second kappa shape index (κ2) is 7.42. The fraction of sp³-hybridized carbons (Fsp3) is 0.462. The van der Waals surface area contributed by atoms with Crippen LogP contribution in [0.1, 0.15) is 31.7 Å². The van der Waals surface area contributed by atoms with Crippen molar-refractivity contribution in [2.45, 2.75) is 38.6 Å². The monoisotopic (exact) mass is 250 g/mol. The molecule has 1 aromatic rings. The number of carbonyl (C=O) groups is 2. The summed E-state index contributed by atoms with van der Waals surface area (Å²) >= 11 is 0. The summed E-state index contributed by atoms with van der Waals surface area (Å²) in [6, 6.07) is 2.73. The van der Waals surface area contributed by atoms with Crippen molar-refractivity contribution in [3.05, 3.63) is 30.1 Å². The Kier molecular flexibility index (Phi) is 5.84. The number of nitrogens with one attached hydrogen (secondary N) is 1. The lowest BCUT2D eigenvalue weighted by Crippen LogP contribution is -2.41. The highest BCUT2D eigenvalue weighted by atomic mass is 16.4. The van der Waals surface area contributed by atoms with Crippen molar-refractivity contribution in [2.75, 3.05) is 0 Å². The Hall–Kier alpha value is -1.91. The molecule has 5 heteroatoms. The van der Waals surface area contributed by atoms with E-state index in [-0.39, 0.29) is 12.3 Å². The maximum atomic E-state index is 11.7. The van der Waals surface area contributed by atoms with Gasteiger partial charge in [-0.3, -0.25) is 9.78 Å². The maximum absolute atomic E-state index is 11.7. The van der Waals surface area contributed by atoms with Crippen LogP contribution in [0.2, 0.25) is 0 Å². The molecular weight excluding hydrogens is 232 g/mol. The van der Waals surface area contributed by atoms with E-state index in [2.05, 4.69) is 10.3 Å². The summed E-state index contributed by atoms with van der Waals surface area (Å²) in [5.41, 5.74) is 0.773. The summed E-state index contributed by atoms with van der Waals surface area (Å²) in [5.74, 6) is -1.27. The van der Waals surface area contributed by atoms with Gasteiger partial charge in [0.2, 0.25) is 5.91 Å². The lowest BCUT2D eigenvalue weighted by molar-refractivity contribution is -0.142. The van der Waals surface area contributed by atoms with Crippen molar-refractivity contribution >= 4 is 11.9 Å². The molecule has 5 nitrogen and oxygen atoms in total. The van der Waals surface area contributed by atoms with Crippen LogP contribution < -0.4 is 5.32 Å². The number of unbranched alkanes of at least 4 members (excludes halogenated alkanes) is 1. The quantitative estimate of drug-likeness (QED) is 0.766. The first kappa shape index (κ1) is 14.2. The van der Waals surface area contributed by atoms with Crippen molar-refractivity contribution in [2.24, 2.45) is 0 Å². The molecule has 0 fully saturated rings. The first-order chi connectivity index (χ1) is 8.63. The zero-order valence-electron chi connectivity index (χ0n) is 10.4. The molecule has 1 unspecified atom stereocenters. The molecule has 0 saturated carbocycles. The molecule has 18 heavy (non-hydrogen) atoms. The summed E-state index contributed by atoms with van der Waals surface area (Å²) in [5, 5.41) is 11.5. The zero-order chi connectivity index (χ0) is 13.4. The van der Waals surface area contributed by atoms with Crippen molar-refractivity contribution in [1.29, 1.82) is 0 Å². The number of carboxylic acid groups (broad SMARTS) is 1. The van der Waals surface area contributed by atoms with Crippen LogP contribution in [0.25, 0.3) is 0 Å². The normalized spacial score (nSPS) is 11.8. The fourth-order valence-corrected chi connectivity index (χ4v) is 1.60. The molecule has 0 aliphatic rings. The number of pyridine rings is 1. The van der Waals surface area contributed by atoms with Crippen LogP contribution in [0.15, 0.2) is 24.5 Å². The minimum absolute atomic E-state index is 0.156. The molecular formula is C13H18N2O3. The molecule has 0 aromatic carbocycles. The number of carbonyl (C=O) groups excluding carboxylic acids is 1. The molecule has 0 aliphatic heterocycles. The molecule has 0 radical (unpaired) electrons. The van der Waals surface area contributed by atoms with Gasteiger partial charge in [0.25, 0.3) is 0 Å². The summed E-state index contributed by atoms with van der Waals surface area (Å²) in [4.78, 5) is 26.6. The van der Waals surface area contributed by atoms with E-state index in [1.165, 1.54) is 0 Å². The third-order valence-corrected chi connectivity index (χ3v) is 2.57. The van der Waals surface area contributed by atoms with Crippen molar-refractivity contribution in [1.82, 2.24) is 10.3 Å². The Labute approximate surface area is 106 Å². The number of hydrogen-bond donors (Lipinski definition) is 2. The number of nitrogens with zero attached hydrogens (tertiary/aromatic N) is 1.